The van der Waals surface area contributed by atoms with Crippen LogP contribution in [0.4, 0.5) is 0 Å². The molecule has 2 aromatic carbocycles. The number of alkyl halides is 2. The molecule has 0 aliphatic heterocycles. The van der Waals surface area contributed by atoms with Gasteiger partial charge in [-0.25, -0.2) is 0 Å². The van der Waals surface area contributed by atoms with Crippen molar-refractivity contribution in [3.8, 4) is 11.5 Å². The van der Waals surface area contributed by atoms with Crippen LogP contribution in [0.2, 0.25) is 0 Å². The van der Waals surface area contributed by atoms with E-state index in [1.165, 1.54) is 6.20 Å². The van der Waals surface area contributed by atoms with Gasteiger partial charge in [-0.05, 0) is 23.3 Å². The van der Waals surface area contributed by atoms with Gasteiger partial charge in [0.15, 0.2) is 5.78 Å². The van der Waals surface area contributed by atoms with Gasteiger partial charge in [0, 0.05) is 23.5 Å². The number of hydrogen-bond donors (Lipinski definition) is 1. The Labute approximate surface area is 220 Å². The lowest BCUT2D eigenvalue weighted by Crippen LogP contribution is -2.02. The molecular formula is C28H26Cl2N2O4. The Morgan fingerprint density at radius 3 is 1.83 bits per heavy atom. The number of carbonyl (C=O) groups excluding carboxylic acids is 1. The molecule has 4 rings (SSSR count). The van der Waals surface area contributed by atoms with Gasteiger partial charge < -0.3 is 14.6 Å². The number of pyridine rings is 2. The summed E-state index contributed by atoms with van der Waals surface area (Å²) in [5, 5.41) is 9.61. The van der Waals surface area contributed by atoms with Crippen LogP contribution in [0.3, 0.4) is 0 Å². The zero-order chi connectivity index (χ0) is 25.6. The van der Waals surface area contributed by atoms with Crippen LogP contribution >= 0.6 is 23.2 Å². The van der Waals surface area contributed by atoms with Crippen molar-refractivity contribution in [2.24, 2.45) is 0 Å². The smallest absolute Gasteiger partial charge is 0.179 e. The highest BCUT2D eigenvalue weighted by Crippen LogP contribution is 2.19. The Hall–Kier alpha value is -3.45. The fraction of sp³-hybridized carbons (Fsp3) is 0.179. The molecule has 0 bridgehead atoms. The van der Waals surface area contributed by atoms with Crippen LogP contribution in [-0.4, -0.2) is 32.6 Å². The standard InChI is InChI=1S/C14H14ClNO2.C14H12ClNO2/c2*15-7-14(17)12-6-13(9-16-8-12)18-10-11-4-2-1-3-5-11/h1-6,8-9,14,17H,7,10H2;1-6,8-9H,7,10H2/t14-;/m0./s1. The molecule has 0 saturated heterocycles. The number of carbonyl (C=O) groups is 1. The Morgan fingerprint density at radius 2 is 1.31 bits per heavy atom. The number of rotatable bonds is 10. The van der Waals surface area contributed by atoms with E-state index in [2.05, 4.69) is 9.97 Å². The van der Waals surface area contributed by atoms with Crippen molar-refractivity contribution in [2.75, 3.05) is 11.8 Å². The summed E-state index contributed by atoms with van der Waals surface area (Å²) in [7, 11) is 0. The van der Waals surface area contributed by atoms with E-state index in [0.29, 0.717) is 35.8 Å². The third kappa shape index (κ3) is 8.96. The predicted octanol–water partition coefficient (Wildman–Crippen LogP) is 6.01. The van der Waals surface area contributed by atoms with E-state index >= 15 is 0 Å². The van der Waals surface area contributed by atoms with Crippen LogP contribution in [-0.2, 0) is 13.2 Å². The van der Waals surface area contributed by atoms with Crippen LogP contribution in [0.1, 0.15) is 33.2 Å². The second kappa shape index (κ2) is 14.8. The SMILES string of the molecule is O=C(CCl)c1cncc(OCc2ccccc2)c1.O[C@@H](CCl)c1cncc(OCc2ccccc2)c1. The van der Waals surface area contributed by atoms with Crippen LogP contribution in [0, 0.1) is 0 Å². The maximum Gasteiger partial charge on any atom is 0.179 e. The molecule has 2 heterocycles. The van der Waals surface area contributed by atoms with Crippen molar-refractivity contribution in [1.82, 2.24) is 9.97 Å². The average Bonchev–Trinajstić information content (AvgIpc) is 2.96. The molecule has 1 atom stereocenters. The van der Waals surface area contributed by atoms with E-state index < -0.39 is 6.10 Å². The number of nitrogens with zero attached hydrogens (tertiary/aromatic N) is 2. The third-order valence-corrected chi connectivity index (χ3v) is 5.45. The summed E-state index contributed by atoms with van der Waals surface area (Å²) >= 11 is 11.1. The maximum atomic E-state index is 11.4. The van der Waals surface area contributed by atoms with Crippen molar-refractivity contribution in [3.05, 3.63) is 120 Å². The first-order valence-corrected chi connectivity index (χ1v) is 12.2. The van der Waals surface area contributed by atoms with Crippen LogP contribution in [0.25, 0.3) is 0 Å². The Balaban J connectivity index is 0.000000201. The van der Waals surface area contributed by atoms with E-state index in [4.69, 9.17) is 32.7 Å². The summed E-state index contributed by atoms with van der Waals surface area (Å²) in [6, 6.07) is 23.1. The Kier molecular flexibility index (Phi) is 11.2. The van der Waals surface area contributed by atoms with Crippen LogP contribution < -0.4 is 9.47 Å². The van der Waals surface area contributed by atoms with Gasteiger partial charge in [0.05, 0.1) is 30.3 Å². The van der Waals surface area contributed by atoms with E-state index in [1.807, 2.05) is 60.7 Å². The van der Waals surface area contributed by atoms with Gasteiger partial charge >= 0.3 is 0 Å². The number of benzene rings is 2. The normalized spacial score (nSPS) is 11.1. The van der Waals surface area contributed by atoms with Gasteiger partial charge in [-0.1, -0.05) is 60.7 Å². The molecule has 2 aromatic heterocycles. The first-order valence-electron chi connectivity index (χ1n) is 11.2. The molecule has 0 radical (unpaired) electrons. The summed E-state index contributed by atoms with van der Waals surface area (Å²) in [6.45, 7) is 0.921. The number of aromatic nitrogens is 2. The number of halogens is 2. The topological polar surface area (TPSA) is 81.5 Å². The molecule has 0 aliphatic carbocycles. The van der Waals surface area contributed by atoms with Gasteiger partial charge in [-0.3, -0.25) is 14.8 Å². The lowest BCUT2D eigenvalue weighted by molar-refractivity contribution is 0.102. The van der Waals surface area contributed by atoms with E-state index in [-0.39, 0.29) is 17.5 Å². The summed E-state index contributed by atoms with van der Waals surface area (Å²) in [5.74, 6) is 1.12. The summed E-state index contributed by atoms with van der Waals surface area (Å²) in [5.41, 5.74) is 3.28. The zero-order valence-electron chi connectivity index (χ0n) is 19.5. The van der Waals surface area contributed by atoms with E-state index in [1.54, 1.807) is 30.7 Å². The Morgan fingerprint density at radius 1 is 0.778 bits per heavy atom. The molecule has 4 aromatic rings. The van der Waals surface area contributed by atoms with Gasteiger partial charge in [0.1, 0.15) is 24.7 Å². The molecular weight excluding hydrogens is 499 g/mol. The Bertz CT molecular complexity index is 1210. The number of aliphatic hydroxyl groups excluding tert-OH is 1. The summed E-state index contributed by atoms with van der Waals surface area (Å²) < 4.78 is 11.2. The van der Waals surface area contributed by atoms with Gasteiger partial charge in [-0.15, -0.1) is 23.2 Å². The fourth-order valence-electron chi connectivity index (χ4n) is 3.00. The molecule has 6 nitrogen and oxygen atoms in total. The average molecular weight is 525 g/mol. The minimum atomic E-state index is -0.709. The van der Waals surface area contributed by atoms with Gasteiger partial charge in [0.25, 0.3) is 0 Å². The molecule has 186 valence electrons. The monoisotopic (exact) mass is 524 g/mol. The van der Waals surface area contributed by atoms with Crippen molar-refractivity contribution >= 4 is 29.0 Å². The van der Waals surface area contributed by atoms with Crippen LogP contribution in [0.15, 0.2) is 97.6 Å². The zero-order valence-corrected chi connectivity index (χ0v) is 21.0. The molecule has 1 N–H and O–H groups in total. The van der Waals surface area contributed by atoms with Gasteiger partial charge in [0.2, 0.25) is 0 Å². The van der Waals surface area contributed by atoms with Crippen LogP contribution in [0.5, 0.6) is 11.5 Å². The first kappa shape index (κ1) is 27.1. The lowest BCUT2D eigenvalue weighted by Gasteiger charge is -2.10. The van der Waals surface area contributed by atoms with E-state index in [0.717, 1.165) is 11.1 Å². The highest BCUT2D eigenvalue weighted by atomic mass is 35.5. The third-order valence-electron chi connectivity index (χ3n) is 4.92. The summed E-state index contributed by atoms with van der Waals surface area (Å²) in [6.07, 6.45) is 5.56. The molecule has 0 unspecified atom stereocenters. The summed E-state index contributed by atoms with van der Waals surface area (Å²) in [4.78, 5) is 19.4. The number of hydrogen-bond acceptors (Lipinski definition) is 6. The minimum Gasteiger partial charge on any atom is -0.487 e. The second-order valence-corrected chi connectivity index (χ2v) is 8.21. The van der Waals surface area contributed by atoms with Crippen molar-refractivity contribution in [3.63, 3.8) is 0 Å². The number of ketones is 1. The van der Waals surface area contributed by atoms with Crippen molar-refractivity contribution in [1.29, 1.82) is 0 Å². The highest BCUT2D eigenvalue weighted by Gasteiger charge is 2.08. The lowest BCUT2D eigenvalue weighted by atomic mass is 10.2. The quantitative estimate of drug-likeness (QED) is 0.202. The second-order valence-electron chi connectivity index (χ2n) is 7.64. The minimum absolute atomic E-state index is 0.0518. The van der Waals surface area contributed by atoms with Crippen molar-refractivity contribution in [2.45, 2.75) is 19.3 Å². The molecule has 0 spiro atoms. The van der Waals surface area contributed by atoms with Gasteiger partial charge in [-0.2, -0.15) is 0 Å². The highest BCUT2D eigenvalue weighted by molar-refractivity contribution is 6.30. The molecule has 36 heavy (non-hydrogen) atoms. The van der Waals surface area contributed by atoms with E-state index in [9.17, 15) is 9.90 Å². The molecule has 0 fully saturated rings. The number of Topliss-reactive ketones (excluding diaryl/α,β-unsaturated/α-hetero) is 1. The molecule has 0 amide bonds. The number of aliphatic hydroxyl groups is 1. The number of ether oxygens (including phenoxy) is 2. The molecule has 0 saturated carbocycles. The predicted molar refractivity (Wildman–Crippen MR) is 141 cm³/mol. The maximum absolute atomic E-state index is 11.4. The van der Waals surface area contributed by atoms with Crippen molar-refractivity contribution < 1.29 is 19.4 Å². The molecule has 8 heteroatoms. The largest absolute Gasteiger partial charge is 0.487 e. The first-order chi connectivity index (χ1) is 17.6. The fourth-order valence-corrected chi connectivity index (χ4v) is 3.33. The molecule has 0 aliphatic rings.